The van der Waals surface area contributed by atoms with Crippen molar-refractivity contribution in [3.8, 4) is 0 Å². The average molecular weight is 241 g/mol. The fraction of sp³-hybridized carbons (Fsp3) is 0.353. The Kier molecular flexibility index (Phi) is 6.13. The number of benzene rings is 1. The maximum Gasteiger partial charge on any atom is -0.00973 e. The molecule has 96 valence electrons. The van der Waals surface area contributed by atoms with Crippen LogP contribution in [0, 0.1) is 11.3 Å². The monoisotopic (exact) mass is 241 g/mol. The number of hydrogen-bond acceptors (Lipinski definition) is 1. The Morgan fingerprint density at radius 3 is 2.67 bits per heavy atom. The molecule has 0 saturated carbocycles. The lowest BCUT2D eigenvalue weighted by Crippen LogP contribution is -2.15. The molecule has 1 aliphatic rings. The zero-order chi connectivity index (χ0) is 13.4. The van der Waals surface area contributed by atoms with Crippen molar-refractivity contribution in [3.05, 3.63) is 60.2 Å². The fourth-order valence-electron chi connectivity index (χ4n) is 2.72. The number of aryl methyl sites for hydroxylation is 1. The quantitative estimate of drug-likeness (QED) is 0.598. The highest BCUT2D eigenvalue weighted by Crippen LogP contribution is 2.30. The Morgan fingerprint density at radius 1 is 1.22 bits per heavy atom. The second kappa shape index (κ2) is 7.65. The Balaban J connectivity index is 0.000000771. The average Bonchev–Trinajstić information content (AvgIpc) is 2.42. The van der Waals surface area contributed by atoms with E-state index in [0.29, 0.717) is 0 Å². The Morgan fingerprint density at radius 2 is 2.00 bits per heavy atom. The van der Waals surface area contributed by atoms with E-state index in [1.54, 1.807) is 11.1 Å². The molecule has 0 aliphatic heterocycles. The van der Waals surface area contributed by atoms with Crippen LogP contribution in [0.25, 0.3) is 0 Å². The Labute approximate surface area is 111 Å². The topological polar surface area (TPSA) is 23.9 Å². The summed E-state index contributed by atoms with van der Waals surface area (Å²) in [7, 11) is 0. The predicted molar refractivity (Wildman–Crippen MR) is 80.5 cm³/mol. The third-order valence-electron chi connectivity index (χ3n) is 3.55. The van der Waals surface area contributed by atoms with E-state index in [0.717, 1.165) is 18.8 Å². The van der Waals surface area contributed by atoms with Crippen LogP contribution in [0.2, 0.25) is 0 Å². The zero-order valence-electron chi connectivity index (χ0n) is 11.1. The SMILES string of the molecule is C=CCc1cccc2c1CC(CC=C)CC2.C=N. The van der Waals surface area contributed by atoms with Gasteiger partial charge in [0.15, 0.2) is 0 Å². The van der Waals surface area contributed by atoms with Crippen LogP contribution in [0.4, 0.5) is 0 Å². The molecule has 0 aromatic heterocycles. The fourth-order valence-corrected chi connectivity index (χ4v) is 2.72. The molecule has 0 radical (unpaired) electrons. The van der Waals surface area contributed by atoms with Crippen LogP contribution < -0.4 is 0 Å². The lowest BCUT2D eigenvalue weighted by Gasteiger charge is -2.25. The highest BCUT2D eigenvalue weighted by atomic mass is 14.2. The summed E-state index contributed by atoms with van der Waals surface area (Å²) < 4.78 is 0. The van der Waals surface area contributed by atoms with E-state index in [1.807, 2.05) is 6.08 Å². The summed E-state index contributed by atoms with van der Waals surface area (Å²) in [6.07, 6.45) is 10.0. The molecule has 1 nitrogen and oxygen atoms in total. The van der Waals surface area contributed by atoms with E-state index in [1.165, 1.54) is 24.8 Å². The maximum absolute atomic E-state index is 5.50. The van der Waals surface area contributed by atoms with Gasteiger partial charge in [-0.15, -0.1) is 13.2 Å². The molecule has 1 N–H and O–H groups in total. The van der Waals surface area contributed by atoms with Gasteiger partial charge in [0.2, 0.25) is 0 Å². The minimum atomic E-state index is 0.802. The highest BCUT2D eigenvalue weighted by Gasteiger charge is 2.19. The summed E-state index contributed by atoms with van der Waals surface area (Å²) in [5.74, 6) is 0.802. The molecule has 2 rings (SSSR count). The lowest BCUT2D eigenvalue weighted by atomic mass is 9.80. The first kappa shape index (κ1) is 14.4. The third-order valence-corrected chi connectivity index (χ3v) is 3.55. The number of hydrogen-bond donors (Lipinski definition) is 1. The predicted octanol–water partition coefficient (Wildman–Crippen LogP) is 4.36. The first-order valence-corrected chi connectivity index (χ1v) is 6.52. The molecule has 0 spiro atoms. The van der Waals surface area contributed by atoms with Gasteiger partial charge in [0, 0.05) is 0 Å². The van der Waals surface area contributed by atoms with Gasteiger partial charge < -0.3 is 5.41 Å². The van der Waals surface area contributed by atoms with E-state index >= 15 is 0 Å². The van der Waals surface area contributed by atoms with E-state index in [9.17, 15) is 0 Å². The van der Waals surface area contributed by atoms with Gasteiger partial charge >= 0.3 is 0 Å². The molecule has 0 fully saturated rings. The van der Waals surface area contributed by atoms with Crippen molar-refractivity contribution >= 4 is 6.72 Å². The van der Waals surface area contributed by atoms with Crippen molar-refractivity contribution in [2.45, 2.75) is 32.1 Å². The molecule has 18 heavy (non-hydrogen) atoms. The van der Waals surface area contributed by atoms with E-state index in [4.69, 9.17) is 5.41 Å². The molecule has 1 aliphatic carbocycles. The van der Waals surface area contributed by atoms with Crippen LogP contribution in [-0.2, 0) is 19.3 Å². The first-order valence-electron chi connectivity index (χ1n) is 6.52. The molecular weight excluding hydrogens is 218 g/mol. The summed E-state index contributed by atoms with van der Waals surface area (Å²) >= 11 is 0. The smallest absolute Gasteiger partial charge is 0.00973 e. The summed E-state index contributed by atoms with van der Waals surface area (Å²) in [4.78, 5) is 0. The van der Waals surface area contributed by atoms with Gasteiger partial charge in [0.1, 0.15) is 0 Å². The van der Waals surface area contributed by atoms with Crippen molar-refractivity contribution in [1.29, 1.82) is 5.41 Å². The molecule has 1 aromatic rings. The van der Waals surface area contributed by atoms with Crippen LogP contribution >= 0.6 is 0 Å². The summed E-state index contributed by atoms with van der Waals surface area (Å²) in [6, 6.07) is 6.72. The third kappa shape index (κ3) is 3.43. The van der Waals surface area contributed by atoms with Crippen molar-refractivity contribution in [1.82, 2.24) is 0 Å². The summed E-state index contributed by atoms with van der Waals surface area (Å²) in [6.45, 7) is 10.2. The van der Waals surface area contributed by atoms with Gasteiger partial charge in [0.05, 0.1) is 0 Å². The molecule has 1 atom stereocenters. The Bertz CT molecular complexity index is 406. The number of nitrogens with one attached hydrogen (secondary N) is 1. The van der Waals surface area contributed by atoms with Crippen molar-refractivity contribution < 1.29 is 0 Å². The van der Waals surface area contributed by atoms with Gasteiger partial charge in [-0.05, 0) is 61.4 Å². The van der Waals surface area contributed by atoms with Gasteiger partial charge in [-0.2, -0.15) is 0 Å². The maximum atomic E-state index is 5.50. The van der Waals surface area contributed by atoms with Crippen LogP contribution in [0.5, 0.6) is 0 Å². The van der Waals surface area contributed by atoms with Crippen LogP contribution in [0.3, 0.4) is 0 Å². The van der Waals surface area contributed by atoms with Crippen molar-refractivity contribution in [2.24, 2.45) is 5.92 Å². The number of allylic oxidation sites excluding steroid dienone is 2. The van der Waals surface area contributed by atoms with Gasteiger partial charge in [-0.3, -0.25) is 0 Å². The molecule has 1 heteroatoms. The molecule has 0 saturated heterocycles. The van der Waals surface area contributed by atoms with Crippen LogP contribution in [0.1, 0.15) is 29.5 Å². The lowest BCUT2D eigenvalue weighted by molar-refractivity contribution is 0.462. The zero-order valence-corrected chi connectivity index (χ0v) is 11.1. The highest BCUT2D eigenvalue weighted by molar-refractivity contribution is 5.38. The summed E-state index contributed by atoms with van der Waals surface area (Å²) in [5.41, 5.74) is 4.61. The number of rotatable bonds is 4. The standard InChI is InChI=1S/C16H20.CH3N/c1-3-6-13-10-11-15-9-5-8-14(7-4-2)16(15)12-13;1-2/h3-5,8-9,13H,1-2,6-7,10-12H2;2H,1H2. The number of fused-ring (bicyclic) bond motifs is 1. The van der Waals surface area contributed by atoms with E-state index < -0.39 is 0 Å². The van der Waals surface area contributed by atoms with Crippen LogP contribution in [-0.4, -0.2) is 6.72 Å². The normalized spacial score (nSPS) is 17.0. The molecular formula is C17H23N. The van der Waals surface area contributed by atoms with Gasteiger partial charge in [-0.25, -0.2) is 0 Å². The Hall–Kier alpha value is -1.63. The van der Waals surface area contributed by atoms with Crippen molar-refractivity contribution in [3.63, 3.8) is 0 Å². The second-order valence-electron chi connectivity index (χ2n) is 4.68. The van der Waals surface area contributed by atoms with E-state index in [-0.39, 0.29) is 0 Å². The van der Waals surface area contributed by atoms with Gasteiger partial charge in [-0.1, -0.05) is 30.4 Å². The molecule has 0 heterocycles. The molecule has 0 amide bonds. The molecule has 1 aromatic carbocycles. The largest absolute Gasteiger partial charge is 0.317 e. The van der Waals surface area contributed by atoms with Gasteiger partial charge in [0.25, 0.3) is 0 Å². The molecule has 1 unspecified atom stereocenters. The molecule has 0 bridgehead atoms. The minimum absolute atomic E-state index is 0.802. The second-order valence-corrected chi connectivity index (χ2v) is 4.68. The van der Waals surface area contributed by atoms with Crippen molar-refractivity contribution in [2.75, 3.05) is 0 Å². The minimum Gasteiger partial charge on any atom is -0.317 e. The van der Waals surface area contributed by atoms with E-state index in [2.05, 4.69) is 44.2 Å². The van der Waals surface area contributed by atoms with Crippen LogP contribution in [0.15, 0.2) is 43.5 Å². The summed E-state index contributed by atoms with van der Waals surface area (Å²) in [5, 5.41) is 5.50. The first-order chi connectivity index (χ1) is 8.85.